The van der Waals surface area contributed by atoms with Crippen LogP contribution in [0.2, 0.25) is 0 Å². The van der Waals surface area contributed by atoms with Gasteiger partial charge >= 0.3 is 0 Å². The lowest BCUT2D eigenvalue weighted by molar-refractivity contribution is 0.598. The molecule has 0 spiro atoms. The highest BCUT2D eigenvalue weighted by molar-refractivity contribution is 7.89. The number of nitrogens with two attached hydrogens (primary N) is 1. The molecule has 6 nitrogen and oxygen atoms in total. The van der Waals surface area contributed by atoms with Crippen LogP contribution in [0.4, 0.5) is 11.5 Å². The molecule has 0 fully saturated rings. The van der Waals surface area contributed by atoms with Crippen molar-refractivity contribution in [3.8, 4) is 0 Å². The van der Waals surface area contributed by atoms with Gasteiger partial charge in [-0.2, -0.15) is 0 Å². The molecule has 8 heteroatoms. The van der Waals surface area contributed by atoms with E-state index in [1.165, 1.54) is 12.1 Å². The molecule has 0 unspecified atom stereocenters. The van der Waals surface area contributed by atoms with Gasteiger partial charge in [0.15, 0.2) is 5.11 Å². The first kappa shape index (κ1) is 16.3. The van der Waals surface area contributed by atoms with E-state index in [0.717, 1.165) is 11.3 Å². The monoisotopic (exact) mass is 336 g/mol. The lowest BCUT2D eigenvalue weighted by Gasteiger charge is -2.11. The summed E-state index contributed by atoms with van der Waals surface area (Å²) in [5, 5.41) is 11.3. The van der Waals surface area contributed by atoms with E-state index in [4.69, 9.17) is 17.4 Å². The first-order valence-electron chi connectivity index (χ1n) is 6.40. The fourth-order valence-electron chi connectivity index (χ4n) is 1.91. The molecular weight excluding hydrogens is 320 g/mol. The Bertz CT molecular complexity index is 782. The van der Waals surface area contributed by atoms with E-state index in [9.17, 15) is 8.42 Å². The largest absolute Gasteiger partial charge is 0.332 e. The summed E-state index contributed by atoms with van der Waals surface area (Å²) in [6, 6.07) is 9.84. The molecule has 1 aromatic carbocycles. The van der Waals surface area contributed by atoms with Crippen LogP contribution >= 0.6 is 12.2 Å². The fraction of sp³-hybridized carbons (Fsp3) is 0.143. The van der Waals surface area contributed by atoms with Gasteiger partial charge in [0.25, 0.3) is 0 Å². The number of benzene rings is 1. The number of anilines is 2. The van der Waals surface area contributed by atoms with Gasteiger partial charge < -0.3 is 10.6 Å². The summed E-state index contributed by atoms with van der Waals surface area (Å²) in [7, 11) is -3.69. The van der Waals surface area contributed by atoms with Crippen LogP contribution in [-0.4, -0.2) is 18.5 Å². The minimum atomic E-state index is -3.69. The smallest absolute Gasteiger partial charge is 0.238 e. The highest BCUT2D eigenvalue weighted by atomic mass is 32.2. The zero-order valence-electron chi connectivity index (χ0n) is 12.1. The van der Waals surface area contributed by atoms with Crippen LogP contribution in [0.5, 0.6) is 0 Å². The summed E-state index contributed by atoms with van der Waals surface area (Å²) in [5.41, 5.74) is 2.62. The molecular formula is C14H16N4O2S2. The highest BCUT2D eigenvalue weighted by Gasteiger charge is 2.07. The molecule has 2 rings (SSSR count). The number of aromatic nitrogens is 1. The molecule has 1 heterocycles. The Morgan fingerprint density at radius 2 is 1.77 bits per heavy atom. The number of thiocarbonyl (C=S) groups is 1. The predicted octanol–water partition coefficient (Wildman–Crippen LogP) is 2.15. The SMILES string of the molecule is Cc1cc(C)nc(NC(=S)Nc2ccc(S(N)(=O)=O)cc2)c1. The summed E-state index contributed by atoms with van der Waals surface area (Å²) in [6.07, 6.45) is 0. The van der Waals surface area contributed by atoms with Gasteiger partial charge in [-0.15, -0.1) is 0 Å². The summed E-state index contributed by atoms with van der Waals surface area (Å²) in [6.45, 7) is 3.88. The van der Waals surface area contributed by atoms with Crippen LogP contribution < -0.4 is 15.8 Å². The summed E-state index contributed by atoms with van der Waals surface area (Å²) >= 11 is 5.21. The number of hydrogen-bond donors (Lipinski definition) is 3. The van der Waals surface area contributed by atoms with Gasteiger partial charge in [0.1, 0.15) is 5.82 Å². The molecule has 0 atom stereocenters. The average molecular weight is 336 g/mol. The van der Waals surface area contributed by atoms with Crippen molar-refractivity contribution >= 4 is 38.9 Å². The van der Waals surface area contributed by atoms with Gasteiger partial charge in [-0.1, -0.05) is 0 Å². The first-order chi connectivity index (χ1) is 10.2. The van der Waals surface area contributed by atoms with E-state index >= 15 is 0 Å². The van der Waals surface area contributed by atoms with E-state index in [1.807, 2.05) is 26.0 Å². The van der Waals surface area contributed by atoms with Crippen LogP contribution in [0.1, 0.15) is 11.3 Å². The molecule has 1 aromatic heterocycles. The zero-order valence-corrected chi connectivity index (χ0v) is 13.8. The third kappa shape index (κ3) is 4.48. The number of hydrogen-bond acceptors (Lipinski definition) is 4. The predicted molar refractivity (Wildman–Crippen MR) is 91.4 cm³/mol. The van der Waals surface area contributed by atoms with Crippen molar-refractivity contribution in [3.63, 3.8) is 0 Å². The molecule has 0 aliphatic carbocycles. The Kier molecular flexibility index (Phi) is 4.74. The number of sulfonamides is 1. The summed E-state index contributed by atoms with van der Waals surface area (Å²) < 4.78 is 22.4. The molecule has 0 amide bonds. The van der Waals surface area contributed by atoms with Crippen molar-refractivity contribution < 1.29 is 8.42 Å². The average Bonchev–Trinajstić information content (AvgIpc) is 2.36. The molecule has 4 N–H and O–H groups in total. The highest BCUT2D eigenvalue weighted by Crippen LogP contribution is 2.14. The summed E-state index contributed by atoms with van der Waals surface area (Å²) in [4.78, 5) is 4.38. The number of primary sulfonamides is 1. The topological polar surface area (TPSA) is 97.1 Å². The minimum Gasteiger partial charge on any atom is -0.332 e. The summed E-state index contributed by atoms with van der Waals surface area (Å²) in [5.74, 6) is 0.649. The molecule has 0 saturated carbocycles. The van der Waals surface area contributed by atoms with Crippen molar-refractivity contribution in [2.45, 2.75) is 18.7 Å². The molecule has 0 saturated heterocycles. The van der Waals surface area contributed by atoms with E-state index in [1.54, 1.807) is 12.1 Å². The van der Waals surface area contributed by atoms with Gasteiger partial charge in [0.05, 0.1) is 4.90 Å². The number of pyridine rings is 1. The second-order valence-electron chi connectivity index (χ2n) is 4.82. The fourth-order valence-corrected chi connectivity index (χ4v) is 2.65. The van der Waals surface area contributed by atoms with Crippen LogP contribution in [0, 0.1) is 13.8 Å². The standard InChI is InChI=1S/C14H16N4O2S2/c1-9-7-10(2)16-13(8-9)18-14(21)17-11-3-5-12(6-4-11)22(15,19)20/h3-8H,1-2H3,(H2,15,19,20)(H2,16,17,18,21). The lowest BCUT2D eigenvalue weighted by atomic mass is 10.2. The van der Waals surface area contributed by atoms with Crippen molar-refractivity contribution in [1.29, 1.82) is 0 Å². The molecule has 22 heavy (non-hydrogen) atoms. The Morgan fingerprint density at radius 1 is 1.14 bits per heavy atom. The number of nitrogens with zero attached hydrogens (tertiary/aromatic N) is 1. The molecule has 2 aromatic rings. The van der Waals surface area contributed by atoms with Gasteiger partial charge in [-0.25, -0.2) is 18.5 Å². The van der Waals surface area contributed by atoms with Gasteiger partial charge in [0.2, 0.25) is 10.0 Å². The van der Waals surface area contributed by atoms with E-state index in [0.29, 0.717) is 16.6 Å². The second kappa shape index (κ2) is 6.39. The Labute approximate surface area is 134 Å². The maximum atomic E-state index is 11.2. The number of nitrogens with one attached hydrogen (secondary N) is 2. The molecule has 0 bridgehead atoms. The molecule has 0 radical (unpaired) electrons. The molecule has 116 valence electrons. The third-order valence-corrected chi connectivity index (χ3v) is 3.91. The second-order valence-corrected chi connectivity index (χ2v) is 6.79. The zero-order chi connectivity index (χ0) is 16.3. The first-order valence-corrected chi connectivity index (χ1v) is 8.36. The minimum absolute atomic E-state index is 0.0490. The maximum Gasteiger partial charge on any atom is 0.238 e. The Hall–Kier alpha value is -2.03. The lowest BCUT2D eigenvalue weighted by Crippen LogP contribution is -2.20. The Balaban J connectivity index is 2.06. The van der Waals surface area contributed by atoms with Crippen molar-refractivity contribution in [2.24, 2.45) is 5.14 Å². The number of aryl methyl sites for hydroxylation is 2. The van der Waals surface area contributed by atoms with E-state index in [-0.39, 0.29) is 4.90 Å². The maximum absolute atomic E-state index is 11.2. The van der Waals surface area contributed by atoms with Gasteiger partial charge in [0, 0.05) is 11.4 Å². The van der Waals surface area contributed by atoms with Crippen molar-refractivity contribution in [2.75, 3.05) is 10.6 Å². The quantitative estimate of drug-likeness (QED) is 0.743. The Morgan fingerprint density at radius 3 is 2.32 bits per heavy atom. The van der Waals surface area contributed by atoms with Crippen molar-refractivity contribution in [3.05, 3.63) is 47.7 Å². The van der Waals surface area contributed by atoms with Gasteiger partial charge in [-0.05, 0) is 68.0 Å². The van der Waals surface area contributed by atoms with Crippen LogP contribution in [0.3, 0.4) is 0 Å². The third-order valence-electron chi connectivity index (χ3n) is 2.78. The van der Waals surface area contributed by atoms with Gasteiger partial charge in [-0.3, -0.25) is 0 Å². The van der Waals surface area contributed by atoms with Crippen LogP contribution in [0.15, 0.2) is 41.3 Å². The number of rotatable bonds is 3. The van der Waals surface area contributed by atoms with Crippen LogP contribution in [0.25, 0.3) is 0 Å². The van der Waals surface area contributed by atoms with Crippen molar-refractivity contribution in [1.82, 2.24) is 4.98 Å². The normalized spacial score (nSPS) is 11.0. The van der Waals surface area contributed by atoms with Crippen LogP contribution in [-0.2, 0) is 10.0 Å². The molecule has 0 aliphatic heterocycles. The van der Waals surface area contributed by atoms with E-state index in [2.05, 4.69) is 15.6 Å². The molecule has 0 aliphatic rings. The van der Waals surface area contributed by atoms with E-state index < -0.39 is 10.0 Å².